The van der Waals surface area contributed by atoms with Crippen LogP contribution in [0.3, 0.4) is 0 Å². The Balaban J connectivity index is 2.12. The predicted molar refractivity (Wildman–Crippen MR) is 80.8 cm³/mol. The van der Waals surface area contributed by atoms with E-state index in [1.807, 2.05) is 0 Å². The highest BCUT2D eigenvalue weighted by molar-refractivity contribution is 9.10. The minimum Gasteiger partial charge on any atom is -0.444 e. The van der Waals surface area contributed by atoms with Crippen LogP contribution in [0.15, 0.2) is 16.6 Å². The molecule has 1 aliphatic rings. The first kappa shape index (κ1) is 16.5. The highest BCUT2D eigenvalue weighted by Gasteiger charge is 2.48. The van der Waals surface area contributed by atoms with Crippen molar-refractivity contribution in [2.45, 2.75) is 32.0 Å². The molecule has 0 aliphatic carbocycles. The molecule has 0 spiro atoms. The van der Waals surface area contributed by atoms with Gasteiger partial charge in [0.1, 0.15) is 17.0 Å². The third-order valence-corrected chi connectivity index (χ3v) is 4.35. The SMILES string of the molecule is CC(C)(C)OC(=O)N1CC(O)(c2ccc(Br)c(Cl)c2F)C1. The zero-order chi connectivity index (χ0) is 16.0. The molecular formula is C14H16BrClFNO3. The van der Waals surface area contributed by atoms with Crippen LogP contribution in [0.25, 0.3) is 0 Å². The maximum absolute atomic E-state index is 14.1. The van der Waals surface area contributed by atoms with E-state index < -0.39 is 23.1 Å². The average molecular weight is 381 g/mol. The lowest BCUT2D eigenvalue weighted by molar-refractivity contribution is -0.105. The van der Waals surface area contributed by atoms with Crippen LogP contribution in [-0.4, -0.2) is 34.8 Å². The topological polar surface area (TPSA) is 49.8 Å². The standard InChI is InChI=1S/C14H16BrClFNO3/c1-13(2,3)21-12(19)18-6-14(20,7-18)8-4-5-9(15)10(16)11(8)17/h4-5,20H,6-7H2,1-3H3. The lowest BCUT2D eigenvalue weighted by Gasteiger charge is -2.46. The molecule has 0 atom stereocenters. The number of amides is 1. The van der Waals surface area contributed by atoms with Crippen molar-refractivity contribution in [1.29, 1.82) is 0 Å². The molecular weight excluding hydrogens is 365 g/mol. The van der Waals surface area contributed by atoms with E-state index in [2.05, 4.69) is 15.9 Å². The zero-order valence-corrected chi connectivity index (χ0v) is 14.3. The van der Waals surface area contributed by atoms with Crippen LogP contribution in [0.4, 0.5) is 9.18 Å². The number of benzene rings is 1. The molecule has 1 heterocycles. The van der Waals surface area contributed by atoms with Crippen molar-refractivity contribution in [3.63, 3.8) is 0 Å². The molecule has 116 valence electrons. The molecule has 4 nitrogen and oxygen atoms in total. The molecule has 1 saturated heterocycles. The Morgan fingerprint density at radius 3 is 2.57 bits per heavy atom. The van der Waals surface area contributed by atoms with E-state index in [0.29, 0.717) is 4.47 Å². The third kappa shape index (κ3) is 3.33. The minimum absolute atomic E-state index is 0.0310. The van der Waals surface area contributed by atoms with E-state index in [4.69, 9.17) is 16.3 Å². The van der Waals surface area contributed by atoms with Crippen molar-refractivity contribution in [2.24, 2.45) is 0 Å². The first-order valence-electron chi connectivity index (χ1n) is 6.38. The van der Waals surface area contributed by atoms with Crippen molar-refractivity contribution < 1.29 is 19.0 Å². The van der Waals surface area contributed by atoms with Crippen LogP contribution in [0.5, 0.6) is 0 Å². The van der Waals surface area contributed by atoms with Gasteiger partial charge in [0, 0.05) is 10.0 Å². The lowest BCUT2D eigenvalue weighted by Crippen LogP contribution is -2.62. The summed E-state index contributed by atoms with van der Waals surface area (Å²) in [4.78, 5) is 13.2. The molecule has 21 heavy (non-hydrogen) atoms. The molecule has 1 N–H and O–H groups in total. The minimum atomic E-state index is -1.44. The number of carbonyl (C=O) groups excluding carboxylic acids is 1. The fourth-order valence-electron chi connectivity index (χ4n) is 2.10. The Morgan fingerprint density at radius 2 is 2.05 bits per heavy atom. The quantitative estimate of drug-likeness (QED) is 0.756. The van der Waals surface area contributed by atoms with E-state index in [1.165, 1.54) is 11.0 Å². The normalized spacial score (nSPS) is 17.4. The van der Waals surface area contributed by atoms with Crippen LogP contribution in [0.1, 0.15) is 26.3 Å². The third-order valence-electron chi connectivity index (χ3n) is 3.09. The molecule has 0 radical (unpaired) electrons. The van der Waals surface area contributed by atoms with E-state index in [9.17, 15) is 14.3 Å². The molecule has 2 rings (SSSR count). The number of aliphatic hydroxyl groups is 1. The molecule has 0 aromatic heterocycles. The molecule has 0 saturated carbocycles. The second-order valence-electron chi connectivity index (χ2n) is 6.09. The first-order valence-corrected chi connectivity index (χ1v) is 7.55. The van der Waals surface area contributed by atoms with Gasteiger partial charge in [-0.25, -0.2) is 9.18 Å². The molecule has 0 bridgehead atoms. The number of ether oxygens (including phenoxy) is 1. The molecule has 7 heteroatoms. The number of nitrogens with zero attached hydrogens (tertiary/aromatic N) is 1. The van der Waals surface area contributed by atoms with Gasteiger partial charge < -0.3 is 14.7 Å². The van der Waals surface area contributed by atoms with Crippen LogP contribution >= 0.6 is 27.5 Å². The number of hydrogen-bond donors (Lipinski definition) is 1. The molecule has 1 amide bonds. The molecule has 1 aliphatic heterocycles. The summed E-state index contributed by atoms with van der Waals surface area (Å²) in [6.07, 6.45) is -0.532. The monoisotopic (exact) mass is 379 g/mol. The Bertz CT molecular complexity index is 582. The highest BCUT2D eigenvalue weighted by atomic mass is 79.9. The number of β-amino-alcohol motifs (C(OH)–C–C–N with tert-alkyl or cyclic N) is 1. The van der Waals surface area contributed by atoms with E-state index in [1.54, 1.807) is 26.8 Å². The summed E-state index contributed by atoms with van der Waals surface area (Å²) in [5.74, 6) is -0.683. The summed E-state index contributed by atoms with van der Waals surface area (Å²) in [5.41, 5.74) is -1.97. The van der Waals surface area contributed by atoms with Gasteiger partial charge in [-0.05, 0) is 42.8 Å². The van der Waals surface area contributed by atoms with Crippen molar-refractivity contribution >= 4 is 33.6 Å². The van der Waals surface area contributed by atoms with Gasteiger partial charge in [-0.15, -0.1) is 0 Å². The Hall–Kier alpha value is -0.850. The summed E-state index contributed by atoms with van der Waals surface area (Å²) in [7, 11) is 0. The van der Waals surface area contributed by atoms with Crippen molar-refractivity contribution in [3.05, 3.63) is 33.0 Å². The van der Waals surface area contributed by atoms with Crippen molar-refractivity contribution in [3.8, 4) is 0 Å². The second kappa shape index (κ2) is 5.41. The molecule has 1 aromatic rings. The number of rotatable bonds is 1. The second-order valence-corrected chi connectivity index (χ2v) is 7.32. The van der Waals surface area contributed by atoms with E-state index in [-0.39, 0.29) is 23.7 Å². The summed E-state index contributed by atoms with van der Waals surface area (Å²) in [6, 6.07) is 3.02. The van der Waals surface area contributed by atoms with Gasteiger partial charge >= 0.3 is 6.09 Å². The maximum Gasteiger partial charge on any atom is 0.410 e. The number of hydrogen-bond acceptors (Lipinski definition) is 3. The predicted octanol–water partition coefficient (Wildman–Crippen LogP) is 3.68. The van der Waals surface area contributed by atoms with E-state index >= 15 is 0 Å². The van der Waals surface area contributed by atoms with Crippen LogP contribution in [0, 0.1) is 5.82 Å². The Labute approximate surface area is 136 Å². The fraction of sp³-hybridized carbons (Fsp3) is 0.500. The summed E-state index contributed by atoms with van der Waals surface area (Å²) in [5, 5.41) is 10.3. The van der Waals surface area contributed by atoms with Gasteiger partial charge in [0.15, 0.2) is 0 Å². The first-order chi connectivity index (χ1) is 9.53. The van der Waals surface area contributed by atoms with E-state index in [0.717, 1.165) is 0 Å². The van der Waals surface area contributed by atoms with Crippen LogP contribution < -0.4 is 0 Å². The van der Waals surface area contributed by atoms with Gasteiger partial charge in [0.25, 0.3) is 0 Å². The zero-order valence-electron chi connectivity index (χ0n) is 11.9. The lowest BCUT2D eigenvalue weighted by atomic mass is 9.86. The van der Waals surface area contributed by atoms with Crippen molar-refractivity contribution in [2.75, 3.05) is 13.1 Å². The van der Waals surface area contributed by atoms with Crippen molar-refractivity contribution in [1.82, 2.24) is 4.90 Å². The summed E-state index contributed by atoms with van der Waals surface area (Å²) < 4.78 is 19.7. The van der Waals surface area contributed by atoms with Gasteiger partial charge in [-0.2, -0.15) is 0 Å². The highest BCUT2D eigenvalue weighted by Crippen LogP contribution is 2.38. The number of carbonyl (C=O) groups is 1. The summed E-state index contributed by atoms with van der Waals surface area (Å²) in [6.45, 7) is 5.20. The van der Waals surface area contributed by atoms with Gasteiger partial charge in [0.05, 0.1) is 18.1 Å². The number of likely N-dealkylation sites (tertiary alicyclic amines) is 1. The molecule has 1 fully saturated rings. The van der Waals surface area contributed by atoms with Gasteiger partial charge in [0.2, 0.25) is 0 Å². The Morgan fingerprint density at radius 1 is 1.48 bits per heavy atom. The largest absolute Gasteiger partial charge is 0.444 e. The molecule has 1 aromatic carbocycles. The van der Waals surface area contributed by atoms with Gasteiger partial charge in [-0.3, -0.25) is 0 Å². The Kier molecular flexibility index (Phi) is 4.26. The average Bonchev–Trinajstić information content (AvgIpc) is 2.30. The van der Waals surface area contributed by atoms with Gasteiger partial charge in [-0.1, -0.05) is 17.7 Å². The maximum atomic E-state index is 14.1. The fourth-order valence-corrected chi connectivity index (χ4v) is 2.57. The van der Waals surface area contributed by atoms with Crippen LogP contribution in [0.2, 0.25) is 5.02 Å². The smallest absolute Gasteiger partial charge is 0.410 e. The molecule has 0 unspecified atom stereocenters. The summed E-state index contributed by atoms with van der Waals surface area (Å²) >= 11 is 8.93. The number of halogens is 3. The van der Waals surface area contributed by atoms with Crippen LogP contribution in [-0.2, 0) is 10.3 Å².